The molecule has 1 unspecified atom stereocenters. The number of hydrogen-bond acceptors (Lipinski definition) is 2. The van der Waals surface area contributed by atoms with Gasteiger partial charge >= 0.3 is 0 Å². The molecule has 0 amide bonds. The molecule has 356 valence electrons. The molecule has 12 aromatic carbocycles. The molecule has 2 aromatic heterocycles. The number of nitrogens with zero attached hydrogens (tertiary/aromatic N) is 2. The van der Waals surface area contributed by atoms with Crippen LogP contribution in [0.1, 0.15) is 22.3 Å². The first kappa shape index (κ1) is 43.6. The summed E-state index contributed by atoms with van der Waals surface area (Å²) in [6.07, 6.45) is 0. The van der Waals surface area contributed by atoms with Crippen molar-refractivity contribution in [1.29, 1.82) is 0 Å². The summed E-state index contributed by atoms with van der Waals surface area (Å²) < 4.78 is 8.93. The molecule has 14 aromatic rings. The summed E-state index contributed by atoms with van der Waals surface area (Å²) in [5.74, 6) is 0. The number of fused-ring (bicyclic) bond motifs is 9. The summed E-state index contributed by atoms with van der Waals surface area (Å²) in [5, 5.41) is 4.79. The van der Waals surface area contributed by atoms with Crippen molar-refractivity contribution in [1.82, 2.24) is 4.57 Å². The van der Waals surface area contributed by atoms with Gasteiger partial charge in [-0.05, 0) is 128 Å². The van der Waals surface area contributed by atoms with Crippen LogP contribution in [-0.2, 0) is 5.41 Å². The number of hydrogen-bond donors (Lipinski definition) is 0. The molecule has 1 aliphatic rings. The number of benzene rings is 12. The monoisotopic (exact) mass is 968 g/mol. The van der Waals surface area contributed by atoms with E-state index in [1.165, 1.54) is 66.3 Å². The maximum Gasteiger partial charge on any atom is 0.143 e. The molecule has 76 heavy (non-hydrogen) atoms. The van der Waals surface area contributed by atoms with E-state index in [4.69, 9.17) is 4.42 Å². The average Bonchev–Trinajstić information content (AvgIpc) is 4.22. The second kappa shape index (κ2) is 17.6. The van der Waals surface area contributed by atoms with Crippen LogP contribution in [0.4, 0.5) is 17.1 Å². The number of anilines is 3. The lowest BCUT2D eigenvalue weighted by molar-refractivity contribution is 0.670. The largest absolute Gasteiger partial charge is 0.455 e. The van der Waals surface area contributed by atoms with Crippen LogP contribution in [0, 0.1) is 0 Å². The molecule has 0 radical (unpaired) electrons. The molecule has 0 aliphatic heterocycles. The van der Waals surface area contributed by atoms with Crippen LogP contribution < -0.4 is 4.90 Å². The van der Waals surface area contributed by atoms with E-state index in [0.717, 1.165) is 66.9 Å². The molecule has 0 saturated heterocycles. The Morgan fingerprint density at radius 3 is 1.45 bits per heavy atom. The van der Waals surface area contributed by atoms with Gasteiger partial charge in [0.15, 0.2) is 0 Å². The van der Waals surface area contributed by atoms with Crippen LogP contribution in [0.15, 0.2) is 296 Å². The fraction of sp³-hybridized carbons (Fsp3) is 0.0137. The lowest BCUT2D eigenvalue weighted by atomic mass is 9.67. The Bertz CT molecular complexity index is 4420. The van der Waals surface area contributed by atoms with Crippen molar-refractivity contribution in [3.63, 3.8) is 0 Å². The smallest absolute Gasteiger partial charge is 0.143 e. The minimum Gasteiger partial charge on any atom is -0.455 e. The first-order chi connectivity index (χ1) is 37.7. The molecule has 0 N–H and O–H groups in total. The lowest BCUT2D eigenvalue weighted by Crippen LogP contribution is -2.28. The Labute approximate surface area is 441 Å². The van der Waals surface area contributed by atoms with Crippen molar-refractivity contribution in [2.75, 3.05) is 4.90 Å². The van der Waals surface area contributed by atoms with Gasteiger partial charge in [-0.2, -0.15) is 0 Å². The maximum atomic E-state index is 6.55. The van der Waals surface area contributed by atoms with Crippen LogP contribution in [0.3, 0.4) is 0 Å². The Balaban J connectivity index is 0.859. The molecular weight excluding hydrogens is 921 g/mol. The minimum absolute atomic E-state index is 0.620. The fourth-order valence-corrected chi connectivity index (χ4v) is 12.4. The van der Waals surface area contributed by atoms with Crippen molar-refractivity contribution in [2.45, 2.75) is 5.41 Å². The fourth-order valence-electron chi connectivity index (χ4n) is 12.4. The normalized spacial score (nSPS) is 13.8. The van der Waals surface area contributed by atoms with Crippen LogP contribution in [0.25, 0.3) is 93.9 Å². The predicted octanol–water partition coefficient (Wildman–Crippen LogP) is 19.5. The highest BCUT2D eigenvalue weighted by Crippen LogP contribution is 2.57. The van der Waals surface area contributed by atoms with E-state index in [2.05, 4.69) is 295 Å². The summed E-state index contributed by atoms with van der Waals surface area (Å²) >= 11 is 0. The Morgan fingerprint density at radius 1 is 0.303 bits per heavy atom. The second-order valence-electron chi connectivity index (χ2n) is 20.0. The van der Waals surface area contributed by atoms with Gasteiger partial charge in [0, 0.05) is 49.9 Å². The summed E-state index contributed by atoms with van der Waals surface area (Å²) in [7, 11) is 0. The van der Waals surface area contributed by atoms with Crippen molar-refractivity contribution in [3.8, 4) is 50.2 Å². The molecular formula is C73H48N2O. The second-order valence-corrected chi connectivity index (χ2v) is 20.0. The van der Waals surface area contributed by atoms with Crippen LogP contribution in [-0.4, -0.2) is 4.57 Å². The van der Waals surface area contributed by atoms with E-state index in [-0.39, 0.29) is 0 Å². The first-order valence-electron chi connectivity index (χ1n) is 26.1. The first-order valence-corrected chi connectivity index (χ1v) is 26.1. The third-order valence-corrected chi connectivity index (χ3v) is 15.9. The number of para-hydroxylation sites is 4. The molecule has 1 atom stereocenters. The highest BCUT2D eigenvalue weighted by molar-refractivity contribution is 6.10. The summed E-state index contributed by atoms with van der Waals surface area (Å²) in [6, 6.07) is 106. The van der Waals surface area contributed by atoms with E-state index in [1.807, 2.05) is 6.07 Å². The van der Waals surface area contributed by atoms with E-state index in [9.17, 15) is 0 Å². The SMILES string of the molecule is c1ccc(-c2ccc(N(c3ccc(-c4ccc(-n5c6ccccc6c6ccccc65)cc4)cc3)c3ccc4c(c3)C(c3ccccc3)(c3ccc(-c5cccc6c5oc5ccccc56)cc3)c3ccccc3-4)cc2)cc1. The van der Waals surface area contributed by atoms with E-state index >= 15 is 0 Å². The zero-order chi connectivity index (χ0) is 50.2. The zero-order valence-electron chi connectivity index (χ0n) is 41.5. The van der Waals surface area contributed by atoms with Crippen molar-refractivity contribution >= 4 is 60.8 Å². The maximum absolute atomic E-state index is 6.55. The molecule has 0 saturated carbocycles. The molecule has 0 bridgehead atoms. The quantitative estimate of drug-likeness (QED) is 0.144. The van der Waals surface area contributed by atoms with Crippen molar-refractivity contribution in [2.24, 2.45) is 0 Å². The third kappa shape index (κ3) is 6.83. The van der Waals surface area contributed by atoms with E-state index in [1.54, 1.807) is 0 Å². The van der Waals surface area contributed by atoms with Crippen molar-refractivity contribution in [3.05, 3.63) is 313 Å². The van der Waals surface area contributed by atoms with Gasteiger partial charge < -0.3 is 13.9 Å². The van der Waals surface area contributed by atoms with Gasteiger partial charge in [0.1, 0.15) is 11.2 Å². The summed E-state index contributed by atoms with van der Waals surface area (Å²) in [4.78, 5) is 2.42. The standard InChI is InChI=1S/C73H48N2O/c1-3-16-49(17-4-1)50-32-40-56(41-33-50)74(57-42-34-51(35-43-57)52-36-44-58(45-37-52)75-69-27-12-8-21-63(69)64-22-9-13-28-70(64)75)59-46-47-62-61-20-7-11-26-67(61)73(68(62)48-59,54-18-5-2-6-19-54)55-38-30-53(31-39-55)60-24-15-25-66-65-23-10-14-29-71(65)76-72(60)66/h1-48H. The van der Waals surface area contributed by atoms with Crippen LogP contribution in [0.5, 0.6) is 0 Å². The summed E-state index contributed by atoms with van der Waals surface area (Å²) in [6.45, 7) is 0. The van der Waals surface area contributed by atoms with Gasteiger partial charge in [-0.1, -0.05) is 224 Å². The van der Waals surface area contributed by atoms with Gasteiger partial charge in [0.25, 0.3) is 0 Å². The Kier molecular flexibility index (Phi) is 10.1. The lowest BCUT2D eigenvalue weighted by Gasteiger charge is -2.35. The van der Waals surface area contributed by atoms with Gasteiger partial charge in [0.2, 0.25) is 0 Å². The summed E-state index contributed by atoms with van der Waals surface area (Å²) in [5.41, 5.74) is 22.3. The molecule has 1 aliphatic carbocycles. The molecule has 2 heterocycles. The van der Waals surface area contributed by atoms with Gasteiger partial charge in [-0.3, -0.25) is 0 Å². The molecule has 3 heteroatoms. The Morgan fingerprint density at radius 2 is 0.776 bits per heavy atom. The van der Waals surface area contributed by atoms with E-state index < -0.39 is 5.41 Å². The highest BCUT2D eigenvalue weighted by Gasteiger charge is 2.46. The topological polar surface area (TPSA) is 21.3 Å². The van der Waals surface area contributed by atoms with Crippen molar-refractivity contribution < 1.29 is 4.42 Å². The highest BCUT2D eigenvalue weighted by atomic mass is 16.3. The molecule has 15 rings (SSSR count). The van der Waals surface area contributed by atoms with Gasteiger partial charge in [-0.25, -0.2) is 0 Å². The van der Waals surface area contributed by atoms with Crippen LogP contribution in [0.2, 0.25) is 0 Å². The molecule has 3 nitrogen and oxygen atoms in total. The number of furan rings is 1. The zero-order valence-corrected chi connectivity index (χ0v) is 41.5. The molecule has 0 fully saturated rings. The van der Waals surface area contributed by atoms with Crippen LogP contribution >= 0.6 is 0 Å². The van der Waals surface area contributed by atoms with Gasteiger partial charge in [0.05, 0.1) is 16.4 Å². The average molecular weight is 969 g/mol. The van der Waals surface area contributed by atoms with E-state index in [0.29, 0.717) is 0 Å². The minimum atomic E-state index is -0.620. The predicted molar refractivity (Wildman–Crippen MR) is 316 cm³/mol. The third-order valence-electron chi connectivity index (χ3n) is 15.9. The number of aromatic nitrogens is 1. The molecule has 0 spiro atoms. The number of rotatable bonds is 9. The Hall–Kier alpha value is -9.96. The van der Waals surface area contributed by atoms with Gasteiger partial charge in [-0.15, -0.1) is 0 Å².